The minimum Gasteiger partial charge on any atom is -0.508 e. The third kappa shape index (κ3) is 2.29. The van der Waals surface area contributed by atoms with Crippen LogP contribution in [0.25, 0.3) is 11.0 Å². The molecule has 0 atom stereocenters. The summed E-state index contributed by atoms with van der Waals surface area (Å²) in [6.45, 7) is 0. The molecule has 3 nitrogen and oxygen atoms in total. The van der Waals surface area contributed by atoms with E-state index in [1.165, 1.54) is 0 Å². The fourth-order valence-corrected chi connectivity index (χ4v) is 2.39. The van der Waals surface area contributed by atoms with Crippen LogP contribution in [-0.4, -0.2) is 14.7 Å². The third-order valence-electron chi connectivity index (χ3n) is 3.21. The summed E-state index contributed by atoms with van der Waals surface area (Å²) in [6.07, 6.45) is 0.678. The van der Waals surface area contributed by atoms with E-state index in [1.54, 1.807) is 12.1 Å². The Morgan fingerprint density at radius 3 is 2.84 bits per heavy atom. The molecule has 1 heterocycles. The number of imidazole rings is 1. The van der Waals surface area contributed by atoms with Gasteiger partial charge in [-0.15, -0.1) is 0 Å². The van der Waals surface area contributed by atoms with Crippen molar-refractivity contribution in [3.05, 3.63) is 58.9 Å². The minimum atomic E-state index is 0.277. The Balaban J connectivity index is 2.04. The number of aryl methyl sites for hydroxylation is 1. The molecule has 0 aliphatic carbocycles. The number of hydrogen-bond acceptors (Lipinski definition) is 2. The molecule has 0 aliphatic rings. The van der Waals surface area contributed by atoms with E-state index in [4.69, 9.17) is 11.6 Å². The lowest BCUT2D eigenvalue weighted by Crippen LogP contribution is -1.98. The van der Waals surface area contributed by atoms with E-state index >= 15 is 0 Å². The molecule has 0 fully saturated rings. The van der Waals surface area contributed by atoms with Crippen molar-refractivity contribution >= 4 is 22.6 Å². The number of aromatic hydroxyl groups is 1. The molecule has 0 bridgehead atoms. The van der Waals surface area contributed by atoms with E-state index < -0.39 is 0 Å². The zero-order valence-corrected chi connectivity index (χ0v) is 11.2. The van der Waals surface area contributed by atoms with Gasteiger partial charge in [0.05, 0.1) is 11.0 Å². The van der Waals surface area contributed by atoms with Crippen LogP contribution in [0.2, 0.25) is 5.02 Å². The van der Waals surface area contributed by atoms with Gasteiger partial charge in [0, 0.05) is 18.5 Å². The molecule has 0 saturated heterocycles. The first-order chi connectivity index (χ1) is 9.13. The van der Waals surface area contributed by atoms with Gasteiger partial charge >= 0.3 is 0 Å². The molecule has 3 aromatic rings. The molecule has 96 valence electrons. The Morgan fingerprint density at radius 2 is 2.05 bits per heavy atom. The molecule has 19 heavy (non-hydrogen) atoms. The molecule has 1 N–H and O–H groups in total. The lowest BCUT2D eigenvalue weighted by atomic mass is 10.1. The summed E-state index contributed by atoms with van der Waals surface area (Å²) in [6, 6.07) is 12.9. The molecule has 0 aliphatic heterocycles. The molecule has 0 spiro atoms. The molecule has 3 rings (SSSR count). The van der Waals surface area contributed by atoms with Gasteiger partial charge in [0.25, 0.3) is 0 Å². The summed E-state index contributed by atoms with van der Waals surface area (Å²) in [5, 5.41) is 10.2. The van der Waals surface area contributed by atoms with Crippen molar-refractivity contribution in [2.45, 2.75) is 6.42 Å². The highest BCUT2D eigenvalue weighted by Gasteiger charge is 2.09. The Bertz CT molecular complexity index is 749. The van der Waals surface area contributed by atoms with E-state index in [9.17, 15) is 5.11 Å². The van der Waals surface area contributed by atoms with Crippen molar-refractivity contribution in [1.82, 2.24) is 9.55 Å². The van der Waals surface area contributed by atoms with Gasteiger partial charge in [-0.1, -0.05) is 23.7 Å². The lowest BCUT2D eigenvalue weighted by Gasteiger charge is -2.03. The van der Waals surface area contributed by atoms with Gasteiger partial charge in [0.1, 0.15) is 11.6 Å². The van der Waals surface area contributed by atoms with Gasteiger partial charge in [-0.2, -0.15) is 0 Å². The average molecular weight is 273 g/mol. The molecule has 4 heteroatoms. The van der Waals surface area contributed by atoms with Crippen molar-refractivity contribution in [1.29, 1.82) is 0 Å². The maximum Gasteiger partial charge on any atom is 0.115 e. The molecule has 0 unspecified atom stereocenters. The monoisotopic (exact) mass is 272 g/mol. The van der Waals surface area contributed by atoms with Crippen LogP contribution in [-0.2, 0) is 13.5 Å². The van der Waals surface area contributed by atoms with Crippen LogP contribution in [0.3, 0.4) is 0 Å². The number of benzene rings is 2. The van der Waals surface area contributed by atoms with Crippen LogP contribution >= 0.6 is 11.6 Å². The van der Waals surface area contributed by atoms with Crippen molar-refractivity contribution < 1.29 is 5.11 Å². The van der Waals surface area contributed by atoms with Gasteiger partial charge in [0.15, 0.2) is 0 Å². The molecular weight excluding hydrogens is 260 g/mol. The van der Waals surface area contributed by atoms with Crippen molar-refractivity contribution in [2.24, 2.45) is 7.05 Å². The molecular formula is C15H13ClN2O. The zero-order chi connectivity index (χ0) is 13.4. The summed E-state index contributed by atoms with van der Waals surface area (Å²) in [7, 11) is 1.98. The zero-order valence-electron chi connectivity index (χ0n) is 10.5. The molecule has 1 aromatic heterocycles. The summed E-state index contributed by atoms with van der Waals surface area (Å²) >= 11 is 6.01. The van der Waals surface area contributed by atoms with E-state index in [2.05, 4.69) is 4.98 Å². The fourth-order valence-electron chi connectivity index (χ4n) is 2.22. The second kappa shape index (κ2) is 4.59. The predicted molar refractivity (Wildman–Crippen MR) is 76.6 cm³/mol. The molecule has 0 radical (unpaired) electrons. The quantitative estimate of drug-likeness (QED) is 0.775. The van der Waals surface area contributed by atoms with Crippen molar-refractivity contribution in [3.8, 4) is 5.75 Å². The third-order valence-corrected chi connectivity index (χ3v) is 3.44. The number of phenolic OH excluding ortho intramolecular Hbond substituents is 1. The highest BCUT2D eigenvalue weighted by Crippen LogP contribution is 2.22. The normalized spacial score (nSPS) is 11.1. The highest BCUT2D eigenvalue weighted by molar-refractivity contribution is 6.31. The average Bonchev–Trinajstić information content (AvgIpc) is 2.67. The smallest absolute Gasteiger partial charge is 0.115 e. The lowest BCUT2D eigenvalue weighted by molar-refractivity contribution is 0.474. The summed E-state index contributed by atoms with van der Waals surface area (Å²) in [5.41, 5.74) is 2.98. The van der Waals surface area contributed by atoms with E-state index in [1.807, 2.05) is 41.9 Å². The maximum absolute atomic E-state index is 9.49. The van der Waals surface area contributed by atoms with Crippen LogP contribution in [0, 0.1) is 0 Å². The molecule has 0 saturated carbocycles. The Hall–Kier alpha value is -2.00. The Kier molecular flexibility index (Phi) is 2.91. The first-order valence-corrected chi connectivity index (χ1v) is 6.40. The standard InChI is InChI=1S/C15H13ClN2O/c1-18-14-9-11(16)5-6-13(14)17-15(18)8-10-3-2-4-12(19)7-10/h2-7,9,19H,8H2,1H3. The van der Waals surface area contributed by atoms with Gasteiger partial charge in [-0.25, -0.2) is 4.98 Å². The first-order valence-electron chi connectivity index (χ1n) is 6.02. The number of hydrogen-bond donors (Lipinski definition) is 1. The highest BCUT2D eigenvalue weighted by atomic mass is 35.5. The van der Waals surface area contributed by atoms with E-state index in [0.29, 0.717) is 11.4 Å². The summed E-state index contributed by atoms with van der Waals surface area (Å²) in [5.74, 6) is 1.22. The van der Waals surface area contributed by atoms with E-state index in [0.717, 1.165) is 22.4 Å². The van der Waals surface area contributed by atoms with Crippen LogP contribution < -0.4 is 0 Å². The van der Waals surface area contributed by atoms with Crippen LogP contribution in [0.15, 0.2) is 42.5 Å². The van der Waals surface area contributed by atoms with Crippen molar-refractivity contribution in [2.75, 3.05) is 0 Å². The number of halogens is 1. The summed E-state index contributed by atoms with van der Waals surface area (Å²) in [4.78, 5) is 4.60. The number of fused-ring (bicyclic) bond motifs is 1. The van der Waals surface area contributed by atoms with Crippen LogP contribution in [0.5, 0.6) is 5.75 Å². The van der Waals surface area contributed by atoms with Gasteiger partial charge in [-0.3, -0.25) is 0 Å². The van der Waals surface area contributed by atoms with E-state index in [-0.39, 0.29) is 5.75 Å². The summed E-state index contributed by atoms with van der Waals surface area (Å²) < 4.78 is 2.03. The molecule has 0 amide bonds. The topological polar surface area (TPSA) is 38.0 Å². The van der Waals surface area contributed by atoms with Gasteiger partial charge in [-0.05, 0) is 35.9 Å². The van der Waals surface area contributed by atoms with Gasteiger partial charge < -0.3 is 9.67 Å². The first kappa shape index (κ1) is 12.1. The largest absolute Gasteiger partial charge is 0.508 e. The second-order valence-electron chi connectivity index (χ2n) is 4.57. The number of rotatable bonds is 2. The second-order valence-corrected chi connectivity index (χ2v) is 5.00. The van der Waals surface area contributed by atoms with Crippen LogP contribution in [0.1, 0.15) is 11.4 Å². The number of nitrogens with zero attached hydrogens (tertiary/aromatic N) is 2. The minimum absolute atomic E-state index is 0.277. The van der Waals surface area contributed by atoms with Gasteiger partial charge in [0.2, 0.25) is 0 Å². The predicted octanol–water partition coefficient (Wildman–Crippen LogP) is 3.52. The Morgan fingerprint density at radius 1 is 1.21 bits per heavy atom. The number of phenols is 1. The fraction of sp³-hybridized carbons (Fsp3) is 0.133. The van der Waals surface area contributed by atoms with Crippen LogP contribution in [0.4, 0.5) is 0 Å². The Labute approximate surface area is 116 Å². The number of aromatic nitrogens is 2. The SMILES string of the molecule is Cn1c(Cc2cccc(O)c2)nc2ccc(Cl)cc21. The maximum atomic E-state index is 9.49. The van der Waals surface area contributed by atoms with Crippen molar-refractivity contribution in [3.63, 3.8) is 0 Å². The molecule has 2 aromatic carbocycles.